The lowest BCUT2D eigenvalue weighted by Gasteiger charge is -2.41. The molecule has 32 heavy (non-hydrogen) atoms. The van der Waals surface area contributed by atoms with Gasteiger partial charge < -0.3 is 10.2 Å². The first-order chi connectivity index (χ1) is 15.2. The van der Waals surface area contributed by atoms with E-state index < -0.39 is 34.5 Å². The molecule has 0 spiro atoms. The molecule has 168 valence electrons. The number of carbonyl (C=O) groups excluding carboxylic acids is 2. The molecule has 0 saturated carbocycles. The van der Waals surface area contributed by atoms with Crippen molar-refractivity contribution in [1.29, 1.82) is 0 Å². The maximum Gasteiger partial charge on any atom is 0.417 e. The Balaban J connectivity index is 1.52. The van der Waals surface area contributed by atoms with Crippen molar-refractivity contribution in [3.63, 3.8) is 0 Å². The summed E-state index contributed by atoms with van der Waals surface area (Å²) in [6.45, 7) is 1.06. The van der Waals surface area contributed by atoms with Gasteiger partial charge in [0.2, 0.25) is 11.8 Å². The molecule has 8 heteroatoms. The molecule has 3 atom stereocenters. The van der Waals surface area contributed by atoms with Gasteiger partial charge in [-0.1, -0.05) is 54.1 Å². The largest absolute Gasteiger partial charge is 0.417 e. The van der Waals surface area contributed by atoms with E-state index >= 15 is 0 Å². The van der Waals surface area contributed by atoms with Gasteiger partial charge in [-0.05, 0) is 42.5 Å². The molecule has 1 aliphatic carbocycles. The molecule has 0 aromatic heterocycles. The Bertz CT molecular complexity index is 1040. The Labute approximate surface area is 189 Å². The van der Waals surface area contributed by atoms with E-state index in [2.05, 4.69) is 5.32 Å². The number of nitrogens with zero attached hydrogens (tertiary/aromatic N) is 1. The molecular weight excluding hydrogens is 441 g/mol. The number of piperidine rings is 1. The summed E-state index contributed by atoms with van der Waals surface area (Å²) in [5.74, 6) is -1.81. The third kappa shape index (κ3) is 4.67. The Kier molecular flexibility index (Phi) is 6.29. The molecule has 2 aromatic carbocycles. The number of alkyl halides is 3. The summed E-state index contributed by atoms with van der Waals surface area (Å²) in [6.07, 6.45) is 0.332. The van der Waals surface area contributed by atoms with E-state index in [0.717, 1.165) is 24.1 Å². The Hall–Kier alpha value is -2.80. The summed E-state index contributed by atoms with van der Waals surface area (Å²) in [5, 5.41) is 2.13. The Morgan fingerprint density at radius 1 is 1.16 bits per heavy atom. The minimum atomic E-state index is -4.63. The number of rotatable bonds is 4. The molecule has 1 N–H and O–H groups in total. The second kappa shape index (κ2) is 8.98. The first-order valence-electron chi connectivity index (χ1n) is 10.4. The molecule has 4 nitrogen and oxygen atoms in total. The number of benzene rings is 2. The van der Waals surface area contributed by atoms with Gasteiger partial charge in [0.15, 0.2) is 0 Å². The third-order valence-electron chi connectivity index (χ3n) is 6.09. The quantitative estimate of drug-likeness (QED) is 0.607. The topological polar surface area (TPSA) is 49.4 Å². The molecule has 0 radical (unpaired) electrons. The summed E-state index contributed by atoms with van der Waals surface area (Å²) in [6, 6.07) is 12.9. The highest BCUT2D eigenvalue weighted by molar-refractivity contribution is 6.31. The summed E-state index contributed by atoms with van der Waals surface area (Å²) in [4.78, 5) is 28.1. The zero-order chi connectivity index (χ0) is 22.9. The van der Waals surface area contributed by atoms with Gasteiger partial charge in [0.05, 0.1) is 22.4 Å². The fraction of sp³-hybridized carbons (Fsp3) is 0.333. The van der Waals surface area contributed by atoms with Crippen molar-refractivity contribution in [3.05, 3.63) is 76.8 Å². The first kappa shape index (κ1) is 22.4. The SMILES string of the molecule is O=C(Nc1ccc(Cl)c(C(F)(F)F)c1)[C@@H]1CC=C[C@@H]2CCN(Cc3ccccc3)C(=O)[C@@H]21. The second-order valence-corrected chi connectivity index (χ2v) is 8.58. The maximum atomic E-state index is 13.3. The van der Waals surface area contributed by atoms with Gasteiger partial charge >= 0.3 is 6.18 Å². The van der Waals surface area contributed by atoms with Gasteiger partial charge in [-0.15, -0.1) is 0 Å². The van der Waals surface area contributed by atoms with E-state index in [9.17, 15) is 22.8 Å². The van der Waals surface area contributed by atoms with E-state index in [4.69, 9.17) is 11.6 Å². The van der Waals surface area contributed by atoms with Crippen molar-refractivity contribution in [2.75, 3.05) is 11.9 Å². The first-order valence-corrected chi connectivity index (χ1v) is 10.8. The van der Waals surface area contributed by atoms with Crippen LogP contribution < -0.4 is 5.32 Å². The van der Waals surface area contributed by atoms with E-state index in [1.807, 2.05) is 42.5 Å². The number of fused-ring (bicyclic) bond motifs is 1. The van der Waals surface area contributed by atoms with Crippen molar-refractivity contribution < 1.29 is 22.8 Å². The van der Waals surface area contributed by atoms with Crippen molar-refractivity contribution >= 4 is 29.1 Å². The summed E-state index contributed by atoms with van der Waals surface area (Å²) >= 11 is 5.67. The van der Waals surface area contributed by atoms with Gasteiger partial charge in [-0.3, -0.25) is 9.59 Å². The molecule has 1 heterocycles. The van der Waals surface area contributed by atoms with Crippen LogP contribution in [-0.2, 0) is 22.3 Å². The number of halogens is 4. The number of amides is 2. The maximum absolute atomic E-state index is 13.3. The average Bonchev–Trinajstić information content (AvgIpc) is 2.76. The lowest BCUT2D eigenvalue weighted by Crippen LogP contribution is -2.50. The van der Waals surface area contributed by atoms with Crippen molar-refractivity contribution in [1.82, 2.24) is 4.90 Å². The van der Waals surface area contributed by atoms with Crippen LogP contribution in [0.4, 0.5) is 18.9 Å². The lowest BCUT2D eigenvalue weighted by molar-refractivity contribution is -0.147. The van der Waals surface area contributed by atoms with Crippen LogP contribution in [0.1, 0.15) is 24.0 Å². The fourth-order valence-corrected chi connectivity index (χ4v) is 4.73. The van der Waals surface area contributed by atoms with Gasteiger partial charge in [-0.2, -0.15) is 13.2 Å². The van der Waals surface area contributed by atoms with E-state index in [1.165, 1.54) is 6.07 Å². The smallest absolute Gasteiger partial charge is 0.338 e. The minimum Gasteiger partial charge on any atom is -0.338 e. The molecule has 1 fully saturated rings. The number of hydrogen-bond donors (Lipinski definition) is 1. The number of carbonyl (C=O) groups is 2. The highest BCUT2D eigenvalue weighted by Crippen LogP contribution is 2.39. The molecular formula is C24H22ClF3N2O2. The zero-order valence-corrected chi connectivity index (χ0v) is 17.9. The molecule has 1 saturated heterocycles. The van der Waals surface area contributed by atoms with Gasteiger partial charge in [0.25, 0.3) is 0 Å². The van der Waals surface area contributed by atoms with Crippen molar-refractivity contribution in [3.8, 4) is 0 Å². The number of likely N-dealkylation sites (tertiary alicyclic amines) is 1. The number of hydrogen-bond acceptors (Lipinski definition) is 2. The van der Waals surface area contributed by atoms with Gasteiger partial charge in [0, 0.05) is 18.8 Å². The predicted octanol–water partition coefficient (Wildman–Crippen LogP) is 5.54. The van der Waals surface area contributed by atoms with Gasteiger partial charge in [0.1, 0.15) is 0 Å². The van der Waals surface area contributed by atoms with Crippen LogP contribution in [0.25, 0.3) is 0 Å². The van der Waals surface area contributed by atoms with Crippen LogP contribution in [0.5, 0.6) is 0 Å². The van der Waals surface area contributed by atoms with Crippen LogP contribution in [0.2, 0.25) is 5.02 Å². The molecule has 2 amide bonds. The predicted molar refractivity (Wildman–Crippen MR) is 116 cm³/mol. The summed E-state index contributed by atoms with van der Waals surface area (Å²) in [5.41, 5.74) is -0.00381. The number of nitrogens with one attached hydrogen (secondary N) is 1. The Morgan fingerprint density at radius 2 is 1.91 bits per heavy atom. The Morgan fingerprint density at radius 3 is 2.62 bits per heavy atom. The molecule has 2 aromatic rings. The van der Waals surface area contributed by atoms with Gasteiger partial charge in [-0.25, -0.2) is 0 Å². The summed E-state index contributed by atoms with van der Waals surface area (Å²) < 4.78 is 39.5. The fourth-order valence-electron chi connectivity index (χ4n) is 4.51. The van der Waals surface area contributed by atoms with E-state index in [1.54, 1.807) is 4.90 Å². The third-order valence-corrected chi connectivity index (χ3v) is 6.42. The monoisotopic (exact) mass is 462 g/mol. The van der Waals surface area contributed by atoms with Crippen LogP contribution in [0, 0.1) is 17.8 Å². The average molecular weight is 463 g/mol. The molecule has 1 aliphatic heterocycles. The molecule has 0 bridgehead atoms. The number of allylic oxidation sites excluding steroid dienone is 2. The normalized spacial score (nSPS) is 23.1. The van der Waals surface area contributed by atoms with Crippen LogP contribution in [0.3, 0.4) is 0 Å². The van der Waals surface area contributed by atoms with Crippen molar-refractivity contribution in [2.24, 2.45) is 17.8 Å². The molecule has 2 aliphatic rings. The zero-order valence-electron chi connectivity index (χ0n) is 17.1. The molecule has 0 unspecified atom stereocenters. The summed E-state index contributed by atoms with van der Waals surface area (Å²) in [7, 11) is 0. The van der Waals surface area contributed by atoms with Crippen LogP contribution in [-0.4, -0.2) is 23.3 Å². The number of anilines is 1. The second-order valence-electron chi connectivity index (χ2n) is 8.18. The molecule has 4 rings (SSSR count). The highest BCUT2D eigenvalue weighted by Gasteiger charge is 2.44. The highest BCUT2D eigenvalue weighted by atomic mass is 35.5. The van der Waals surface area contributed by atoms with E-state index in [-0.39, 0.29) is 17.5 Å². The van der Waals surface area contributed by atoms with E-state index in [0.29, 0.717) is 19.5 Å². The van der Waals surface area contributed by atoms with Crippen molar-refractivity contribution in [2.45, 2.75) is 25.6 Å². The van der Waals surface area contributed by atoms with Crippen LogP contribution >= 0.6 is 11.6 Å². The van der Waals surface area contributed by atoms with Crippen LogP contribution in [0.15, 0.2) is 60.7 Å². The minimum absolute atomic E-state index is 0.00206. The standard InChI is InChI=1S/C24H22ClF3N2O2/c25-20-10-9-17(13-19(20)24(26,27)28)29-22(31)18-8-4-7-16-11-12-30(23(32)21(16)18)14-15-5-2-1-3-6-15/h1-7,9-10,13,16,18,21H,8,11-12,14H2,(H,29,31)/t16-,18-,21+/m1/s1. The lowest BCUT2D eigenvalue weighted by atomic mass is 9.71.